The minimum Gasteiger partial charge on any atom is -0.278 e. The fraction of sp³-hybridized carbons (Fsp3) is 0.600. The number of halogens is 1. The van der Waals surface area contributed by atoms with Crippen molar-refractivity contribution < 1.29 is 4.39 Å². The molecule has 0 fully saturated rings. The van der Waals surface area contributed by atoms with Crippen molar-refractivity contribution in [1.82, 2.24) is 9.97 Å². The van der Waals surface area contributed by atoms with Gasteiger partial charge in [-0.2, -0.15) is 0 Å². The second-order valence-electron chi connectivity index (χ2n) is 3.43. The first kappa shape index (κ1) is 12.4. The van der Waals surface area contributed by atoms with Crippen LogP contribution in [0.1, 0.15) is 37.9 Å². The zero-order chi connectivity index (χ0) is 11.1. The van der Waals surface area contributed by atoms with Crippen LogP contribution in [0.25, 0.3) is 0 Å². The summed E-state index contributed by atoms with van der Waals surface area (Å²) in [4.78, 5) is 7.99. The summed E-state index contributed by atoms with van der Waals surface area (Å²) >= 11 is 1.29. The highest BCUT2D eigenvalue weighted by molar-refractivity contribution is 7.97. The number of nitrogens with two attached hydrogens (primary N) is 1. The Labute approximate surface area is 93.8 Å². The van der Waals surface area contributed by atoms with Gasteiger partial charge in [0.25, 0.3) is 0 Å². The van der Waals surface area contributed by atoms with Gasteiger partial charge in [0.2, 0.25) is 0 Å². The summed E-state index contributed by atoms with van der Waals surface area (Å²) in [7, 11) is 0. The van der Waals surface area contributed by atoms with Gasteiger partial charge in [0.15, 0.2) is 5.82 Å². The molecule has 0 aliphatic carbocycles. The molecule has 0 aliphatic rings. The molecule has 0 aromatic carbocycles. The van der Waals surface area contributed by atoms with Crippen LogP contribution in [0.15, 0.2) is 12.4 Å². The molecular formula is C10H16FN3S. The lowest BCUT2D eigenvalue weighted by atomic mass is 10.0. The third-order valence-corrected chi connectivity index (χ3v) is 2.80. The van der Waals surface area contributed by atoms with Crippen LogP contribution in [0.3, 0.4) is 0 Å². The molecule has 0 aliphatic heterocycles. The van der Waals surface area contributed by atoms with Gasteiger partial charge in [-0.1, -0.05) is 31.7 Å². The smallest absolute Gasteiger partial charge is 0.159 e. The molecule has 0 bridgehead atoms. The van der Waals surface area contributed by atoms with Crippen molar-refractivity contribution in [2.24, 2.45) is 5.14 Å². The molecule has 0 radical (unpaired) electrons. The van der Waals surface area contributed by atoms with E-state index in [-0.39, 0.29) is 5.92 Å². The van der Waals surface area contributed by atoms with Crippen molar-refractivity contribution in [3.05, 3.63) is 24.0 Å². The first-order valence-corrected chi connectivity index (χ1v) is 6.12. The maximum absolute atomic E-state index is 12.6. The van der Waals surface area contributed by atoms with E-state index in [9.17, 15) is 4.39 Å². The molecular weight excluding hydrogens is 213 g/mol. The van der Waals surface area contributed by atoms with Crippen LogP contribution in [0.2, 0.25) is 0 Å². The molecule has 0 amide bonds. The van der Waals surface area contributed by atoms with Crippen LogP contribution >= 0.6 is 11.9 Å². The summed E-state index contributed by atoms with van der Waals surface area (Å²) in [6.07, 6.45) is 5.68. The Morgan fingerprint density at radius 1 is 1.47 bits per heavy atom. The monoisotopic (exact) mass is 229 g/mol. The first-order valence-electron chi connectivity index (χ1n) is 5.07. The number of unbranched alkanes of at least 4 members (excludes halogenated alkanes) is 1. The summed E-state index contributed by atoms with van der Waals surface area (Å²) in [5.74, 6) is 1.32. The van der Waals surface area contributed by atoms with Gasteiger partial charge in [0.1, 0.15) is 5.82 Å². The number of hydrogen-bond acceptors (Lipinski definition) is 4. The van der Waals surface area contributed by atoms with Gasteiger partial charge in [-0.15, -0.1) is 0 Å². The second kappa shape index (κ2) is 6.74. The van der Waals surface area contributed by atoms with E-state index in [0.29, 0.717) is 5.82 Å². The van der Waals surface area contributed by atoms with E-state index >= 15 is 0 Å². The number of aromatic nitrogens is 2. The van der Waals surface area contributed by atoms with Crippen molar-refractivity contribution in [2.75, 3.05) is 5.75 Å². The third kappa shape index (κ3) is 4.13. The van der Waals surface area contributed by atoms with Crippen molar-refractivity contribution in [3.63, 3.8) is 0 Å². The fourth-order valence-electron chi connectivity index (χ4n) is 1.39. The van der Waals surface area contributed by atoms with Gasteiger partial charge >= 0.3 is 0 Å². The average molecular weight is 229 g/mol. The van der Waals surface area contributed by atoms with E-state index in [2.05, 4.69) is 16.9 Å². The maximum atomic E-state index is 12.6. The molecule has 15 heavy (non-hydrogen) atoms. The minimum atomic E-state index is -0.395. The van der Waals surface area contributed by atoms with Gasteiger partial charge in [-0.25, -0.2) is 14.4 Å². The fourth-order valence-corrected chi connectivity index (χ4v) is 1.93. The van der Waals surface area contributed by atoms with Gasteiger partial charge in [-0.3, -0.25) is 5.14 Å². The molecule has 1 heterocycles. The van der Waals surface area contributed by atoms with Crippen molar-refractivity contribution in [3.8, 4) is 0 Å². The molecule has 84 valence electrons. The van der Waals surface area contributed by atoms with Gasteiger partial charge in [0.05, 0.1) is 12.4 Å². The van der Waals surface area contributed by atoms with Crippen molar-refractivity contribution in [1.29, 1.82) is 0 Å². The largest absolute Gasteiger partial charge is 0.278 e. The van der Waals surface area contributed by atoms with E-state index in [0.717, 1.165) is 25.0 Å². The van der Waals surface area contributed by atoms with Crippen molar-refractivity contribution in [2.45, 2.75) is 32.1 Å². The quantitative estimate of drug-likeness (QED) is 0.761. The summed E-state index contributed by atoms with van der Waals surface area (Å²) in [5.41, 5.74) is 0. The minimum absolute atomic E-state index is 0.237. The van der Waals surface area contributed by atoms with Gasteiger partial charge in [0, 0.05) is 11.7 Å². The maximum Gasteiger partial charge on any atom is 0.159 e. The van der Waals surface area contributed by atoms with E-state index < -0.39 is 5.82 Å². The molecule has 2 N–H and O–H groups in total. The van der Waals surface area contributed by atoms with Crippen LogP contribution in [-0.4, -0.2) is 15.7 Å². The predicted octanol–water partition coefficient (Wildman–Crippen LogP) is 2.50. The summed E-state index contributed by atoms with van der Waals surface area (Å²) in [5, 5.41) is 5.46. The zero-order valence-corrected chi connectivity index (χ0v) is 9.63. The Kier molecular flexibility index (Phi) is 5.57. The molecule has 1 unspecified atom stereocenters. The standard InChI is InChI=1S/C10H16FN3S/c1-2-3-4-8(7-15-12)10-13-5-9(11)6-14-10/h5-6,8H,2-4,7,12H2,1H3. The van der Waals surface area contributed by atoms with Crippen LogP contribution in [-0.2, 0) is 0 Å². The van der Waals surface area contributed by atoms with E-state index in [1.165, 1.54) is 24.3 Å². The molecule has 1 rings (SSSR count). The van der Waals surface area contributed by atoms with Crippen LogP contribution in [0.5, 0.6) is 0 Å². The van der Waals surface area contributed by atoms with Crippen LogP contribution in [0.4, 0.5) is 4.39 Å². The molecule has 0 saturated heterocycles. The molecule has 1 atom stereocenters. The third-order valence-electron chi connectivity index (χ3n) is 2.21. The Hall–Kier alpha value is -0.680. The lowest BCUT2D eigenvalue weighted by molar-refractivity contribution is 0.576. The molecule has 0 spiro atoms. The lowest BCUT2D eigenvalue weighted by Crippen LogP contribution is -2.08. The van der Waals surface area contributed by atoms with Crippen LogP contribution in [0, 0.1) is 5.82 Å². The van der Waals surface area contributed by atoms with E-state index in [1.54, 1.807) is 0 Å². The highest BCUT2D eigenvalue weighted by Crippen LogP contribution is 2.21. The lowest BCUT2D eigenvalue weighted by Gasteiger charge is -2.12. The second-order valence-corrected chi connectivity index (χ2v) is 4.10. The molecule has 0 saturated carbocycles. The molecule has 5 heteroatoms. The summed E-state index contributed by atoms with van der Waals surface area (Å²) in [6.45, 7) is 2.14. The van der Waals surface area contributed by atoms with Gasteiger partial charge < -0.3 is 0 Å². The van der Waals surface area contributed by atoms with E-state index in [4.69, 9.17) is 5.14 Å². The van der Waals surface area contributed by atoms with Crippen molar-refractivity contribution >= 4 is 11.9 Å². The summed E-state index contributed by atoms with van der Waals surface area (Å²) < 4.78 is 12.6. The Bertz CT molecular complexity index is 279. The SMILES string of the molecule is CCCCC(CSN)c1ncc(F)cn1. The highest BCUT2D eigenvalue weighted by Gasteiger charge is 2.13. The molecule has 1 aromatic rings. The van der Waals surface area contributed by atoms with E-state index in [1.807, 2.05) is 0 Å². The normalized spacial score (nSPS) is 12.7. The number of hydrogen-bond donors (Lipinski definition) is 1. The summed E-state index contributed by atoms with van der Waals surface area (Å²) in [6, 6.07) is 0. The molecule has 1 aromatic heterocycles. The first-order chi connectivity index (χ1) is 7.27. The molecule has 3 nitrogen and oxygen atoms in total. The number of nitrogens with zero attached hydrogens (tertiary/aromatic N) is 2. The Morgan fingerprint density at radius 3 is 2.67 bits per heavy atom. The average Bonchev–Trinajstić information content (AvgIpc) is 2.25. The Balaban J connectivity index is 2.65. The Morgan fingerprint density at radius 2 is 2.13 bits per heavy atom. The highest BCUT2D eigenvalue weighted by atomic mass is 32.2. The zero-order valence-electron chi connectivity index (χ0n) is 8.82. The van der Waals surface area contributed by atoms with Crippen LogP contribution < -0.4 is 5.14 Å². The predicted molar refractivity (Wildman–Crippen MR) is 60.9 cm³/mol. The topological polar surface area (TPSA) is 51.8 Å². The van der Waals surface area contributed by atoms with Gasteiger partial charge in [-0.05, 0) is 6.42 Å². The number of rotatable bonds is 6.